The summed E-state index contributed by atoms with van der Waals surface area (Å²) in [6.45, 7) is 4.85. The van der Waals surface area contributed by atoms with E-state index in [0.717, 1.165) is 10.6 Å². The van der Waals surface area contributed by atoms with Crippen molar-refractivity contribution in [3.8, 4) is 23.1 Å². The molecule has 0 atom stereocenters. The topological polar surface area (TPSA) is 108 Å². The van der Waals surface area contributed by atoms with Crippen LogP contribution in [-0.2, 0) is 0 Å². The molecule has 0 unspecified atom stereocenters. The number of aromatic nitrogens is 4. The summed E-state index contributed by atoms with van der Waals surface area (Å²) < 4.78 is 29.1. The van der Waals surface area contributed by atoms with Crippen molar-refractivity contribution >= 4 is 11.6 Å². The Hall–Kier alpha value is -2.72. The van der Waals surface area contributed by atoms with Crippen molar-refractivity contribution in [2.45, 2.75) is 13.8 Å². The Morgan fingerprint density at radius 1 is 1.31 bits per heavy atom. The minimum atomic E-state index is -0.808. The number of hydrogen-bond donors (Lipinski definition) is 1. The monoisotopic (exact) mass is 385 g/mol. The van der Waals surface area contributed by atoms with Crippen LogP contribution in [-0.4, -0.2) is 40.2 Å². The van der Waals surface area contributed by atoms with Crippen LogP contribution in [0.25, 0.3) is 17.2 Å². The standard InChI is InChI=1S/C13H11ClFN5O4.C2H6/c1-16-4-5-22-12-10(17-24-19-12)11-18-23-13(21)20(11)7-2-3-9(15)8(14)6-7;1-2/h2-3,6,16H,4-5H2,1H3;1-2H3. The normalized spacial score (nSPS) is 10.3. The first-order valence-electron chi connectivity index (χ1n) is 7.76. The van der Waals surface area contributed by atoms with E-state index in [2.05, 4.69) is 29.9 Å². The highest BCUT2D eigenvalue weighted by atomic mass is 35.5. The summed E-state index contributed by atoms with van der Waals surface area (Å²) in [5.41, 5.74) is 0.309. The van der Waals surface area contributed by atoms with Crippen molar-refractivity contribution < 1.29 is 18.3 Å². The minimum absolute atomic E-state index is 0.0108. The van der Waals surface area contributed by atoms with Crippen LogP contribution in [0, 0.1) is 5.82 Å². The Bertz CT molecular complexity index is 908. The average Bonchev–Trinajstić information content (AvgIpc) is 3.26. The molecule has 3 rings (SSSR count). The molecule has 2 aromatic heterocycles. The third kappa shape index (κ3) is 4.09. The molecule has 1 N–H and O–H groups in total. The van der Waals surface area contributed by atoms with E-state index in [1.165, 1.54) is 12.1 Å². The van der Waals surface area contributed by atoms with Crippen molar-refractivity contribution in [1.29, 1.82) is 0 Å². The quantitative estimate of drug-likeness (QED) is 0.644. The number of likely N-dealkylation sites (N-methyl/N-ethyl adjacent to an activating group) is 1. The van der Waals surface area contributed by atoms with Crippen molar-refractivity contribution in [2.75, 3.05) is 20.2 Å². The lowest BCUT2D eigenvalue weighted by Crippen LogP contribution is -2.17. The molecular formula is C15H17ClFN5O4. The molecule has 11 heteroatoms. The minimum Gasteiger partial charge on any atom is -0.472 e. The SMILES string of the molecule is CC.CNCCOc1nonc1-c1noc(=O)n1-c1ccc(F)c(Cl)c1. The number of nitrogens with one attached hydrogen (secondary N) is 1. The summed E-state index contributed by atoms with van der Waals surface area (Å²) >= 11 is 5.76. The van der Waals surface area contributed by atoms with E-state index in [1.54, 1.807) is 7.05 Å². The van der Waals surface area contributed by atoms with Gasteiger partial charge < -0.3 is 10.1 Å². The second kappa shape index (κ2) is 9.11. The number of ether oxygens (including phenoxy) is 1. The van der Waals surface area contributed by atoms with Crippen molar-refractivity contribution in [2.24, 2.45) is 0 Å². The van der Waals surface area contributed by atoms with E-state index >= 15 is 0 Å². The molecule has 0 fully saturated rings. The summed E-state index contributed by atoms with van der Waals surface area (Å²) in [5.74, 6) is -1.40. The van der Waals surface area contributed by atoms with Gasteiger partial charge in [0, 0.05) is 6.54 Å². The van der Waals surface area contributed by atoms with Crippen LogP contribution in [0.1, 0.15) is 13.8 Å². The zero-order valence-electron chi connectivity index (χ0n) is 14.3. The number of benzene rings is 1. The molecule has 0 spiro atoms. The van der Waals surface area contributed by atoms with Crippen LogP contribution in [0.15, 0.2) is 32.1 Å². The van der Waals surface area contributed by atoms with Gasteiger partial charge in [0.25, 0.3) is 5.88 Å². The first-order valence-corrected chi connectivity index (χ1v) is 8.14. The third-order valence-corrected chi connectivity index (χ3v) is 3.32. The van der Waals surface area contributed by atoms with Gasteiger partial charge in [-0.25, -0.2) is 18.4 Å². The lowest BCUT2D eigenvalue weighted by molar-refractivity contribution is 0.256. The van der Waals surface area contributed by atoms with Crippen molar-refractivity contribution in [3.63, 3.8) is 0 Å². The smallest absolute Gasteiger partial charge is 0.446 e. The number of hydrogen-bond acceptors (Lipinski definition) is 8. The fourth-order valence-corrected chi connectivity index (χ4v) is 2.09. The molecule has 26 heavy (non-hydrogen) atoms. The molecule has 0 amide bonds. The van der Waals surface area contributed by atoms with Gasteiger partial charge in [-0.1, -0.05) is 30.6 Å². The van der Waals surface area contributed by atoms with E-state index < -0.39 is 11.6 Å². The summed E-state index contributed by atoms with van der Waals surface area (Å²) in [7, 11) is 1.76. The Morgan fingerprint density at radius 3 is 2.77 bits per heavy atom. The highest BCUT2D eigenvalue weighted by molar-refractivity contribution is 6.30. The molecule has 140 valence electrons. The van der Waals surface area contributed by atoms with Gasteiger partial charge in [0.15, 0.2) is 0 Å². The fraction of sp³-hybridized carbons (Fsp3) is 0.333. The highest BCUT2D eigenvalue weighted by Gasteiger charge is 2.24. The van der Waals surface area contributed by atoms with E-state index in [0.29, 0.717) is 13.2 Å². The Kier molecular flexibility index (Phi) is 6.87. The zero-order valence-corrected chi connectivity index (χ0v) is 15.1. The summed E-state index contributed by atoms with van der Waals surface area (Å²) in [4.78, 5) is 12.0. The van der Waals surface area contributed by atoms with E-state index in [9.17, 15) is 9.18 Å². The summed E-state index contributed by atoms with van der Waals surface area (Å²) in [6, 6.07) is 3.72. The Labute approximate surface area is 152 Å². The summed E-state index contributed by atoms with van der Waals surface area (Å²) in [5, 5.41) is 13.7. The lowest BCUT2D eigenvalue weighted by atomic mass is 10.3. The van der Waals surface area contributed by atoms with Crippen molar-refractivity contribution in [1.82, 2.24) is 25.4 Å². The summed E-state index contributed by atoms with van der Waals surface area (Å²) in [6.07, 6.45) is 0. The van der Waals surface area contributed by atoms with Crippen LogP contribution < -0.4 is 15.8 Å². The van der Waals surface area contributed by atoms with Gasteiger partial charge in [0.05, 0.1) is 10.7 Å². The van der Waals surface area contributed by atoms with Crippen LogP contribution in [0.4, 0.5) is 4.39 Å². The molecule has 0 radical (unpaired) electrons. The number of nitrogens with zero attached hydrogens (tertiary/aromatic N) is 4. The van der Waals surface area contributed by atoms with Gasteiger partial charge in [-0.05, 0) is 35.6 Å². The number of halogens is 2. The molecule has 0 bridgehead atoms. The maximum absolute atomic E-state index is 13.3. The van der Waals surface area contributed by atoms with Gasteiger partial charge in [0.1, 0.15) is 12.4 Å². The molecular weight excluding hydrogens is 369 g/mol. The second-order valence-corrected chi connectivity index (χ2v) is 4.98. The van der Waals surface area contributed by atoms with Gasteiger partial charge in [-0.15, -0.1) is 0 Å². The highest BCUT2D eigenvalue weighted by Crippen LogP contribution is 2.27. The molecule has 0 saturated heterocycles. The Morgan fingerprint density at radius 2 is 2.08 bits per heavy atom. The molecule has 0 aliphatic heterocycles. The molecule has 0 aliphatic carbocycles. The lowest BCUT2D eigenvalue weighted by Gasteiger charge is -2.05. The van der Waals surface area contributed by atoms with E-state index in [4.69, 9.17) is 16.3 Å². The first kappa shape index (κ1) is 19.6. The third-order valence-electron chi connectivity index (χ3n) is 3.03. The zero-order chi connectivity index (χ0) is 19.1. The maximum Gasteiger partial charge on any atom is 0.446 e. The molecule has 0 saturated carbocycles. The van der Waals surface area contributed by atoms with Gasteiger partial charge in [0.2, 0.25) is 11.5 Å². The van der Waals surface area contributed by atoms with Crippen LogP contribution in [0.3, 0.4) is 0 Å². The van der Waals surface area contributed by atoms with Gasteiger partial charge >= 0.3 is 5.76 Å². The fourth-order valence-electron chi connectivity index (χ4n) is 1.91. The first-order chi connectivity index (χ1) is 12.6. The van der Waals surface area contributed by atoms with Crippen LogP contribution in [0.2, 0.25) is 5.02 Å². The van der Waals surface area contributed by atoms with Crippen LogP contribution in [0.5, 0.6) is 5.88 Å². The number of rotatable bonds is 6. The van der Waals surface area contributed by atoms with Crippen molar-refractivity contribution in [3.05, 3.63) is 39.6 Å². The molecule has 3 aromatic rings. The van der Waals surface area contributed by atoms with Crippen LogP contribution >= 0.6 is 11.6 Å². The second-order valence-electron chi connectivity index (χ2n) is 4.58. The predicted octanol–water partition coefficient (Wildman–Crippen LogP) is 2.29. The molecule has 0 aliphatic rings. The molecule has 1 aromatic carbocycles. The predicted molar refractivity (Wildman–Crippen MR) is 91.1 cm³/mol. The Balaban J connectivity index is 0.00000117. The molecule has 9 nitrogen and oxygen atoms in total. The van der Waals surface area contributed by atoms with Gasteiger partial charge in [-0.2, -0.15) is 0 Å². The molecule has 2 heterocycles. The average molecular weight is 386 g/mol. The van der Waals surface area contributed by atoms with E-state index in [1.807, 2.05) is 13.8 Å². The van der Waals surface area contributed by atoms with E-state index in [-0.39, 0.29) is 28.1 Å². The largest absolute Gasteiger partial charge is 0.472 e. The van der Waals surface area contributed by atoms with Gasteiger partial charge in [-0.3, -0.25) is 4.52 Å². The maximum atomic E-state index is 13.3.